The van der Waals surface area contributed by atoms with E-state index in [9.17, 15) is 0 Å². The van der Waals surface area contributed by atoms with E-state index in [1.54, 1.807) is 11.3 Å². The summed E-state index contributed by atoms with van der Waals surface area (Å²) in [5.74, 6) is 0. The van der Waals surface area contributed by atoms with E-state index in [2.05, 4.69) is 54.7 Å². The SMILES string of the molecule is CCNCc1csc(Cc2ccc(C)c(C)c2)n1. The second kappa shape index (κ2) is 6.12. The van der Waals surface area contributed by atoms with Crippen molar-refractivity contribution in [1.29, 1.82) is 0 Å². The van der Waals surface area contributed by atoms with Gasteiger partial charge in [-0.05, 0) is 37.1 Å². The van der Waals surface area contributed by atoms with Crippen LogP contribution in [-0.4, -0.2) is 11.5 Å². The minimum absolute atomic E-state index is 0.875. The van der Waals surface area contributed by atoms with Gasteiger partial charge in [-0.25, -0.2) is 4.98 Å². The van der Waals surface area contributed by atoms with Crippen LogP contribution < -0.4 is 5.32 Å². The van der Waals surface area contributed by atoms with Gasteiger partial charge in [0.15, 0.2) is 0 Å². The summed E-state index contributed by atoms with van der Waals surface area (Å²) < 4.78 is 0. The molecule has 0 radical (unpaired) electrons. The summed E-state index contributed by atoms with van der Waals surface area (Å²) in [6, 6.07) is 6.66. The fourth-order valence-electron chi connectivity index (χ4n) is 1.85. The summed E-state index contributed by atoms with van der Waals surface area (Å²) in [7, 11) is 0. The smallest absolute Gasteiger partial charge is 0.0972 e. The molecule has 0 fully saturated rings. The Morgan fingerprint density at radius 1 is 1.22 bits per heavy atom. The van der Waals surface area contributed by atoms with Crippen LogP contribution >= 0.6 is 11.3 Å². The lowest BCUT2D eigenvalue weighted by molar-refractivity contribution is 0.712. The highest BCUT2D eigenvalue weighted by Gasteiger charge is 2.04. The molecule has 0 aliphatic heterocycles. The van der Waals surface area contributed by atoms with Crippen LogP contribution in [0.4, 0.5) is 0 Å². The molecule has 0 spiro atoms. The van der Waals surface area contributed by atoms with Gasteiger partial charge in [0.25, 0.3) is 0 Å². The third kappa shape index (κ3) is 3.40. The first kappa shape index (κ1) is 13.2. The number of aryl methyl sites for hydroxylation is 2. The molecule has 1 heterocycles. The zero-order valence-corrected chi connectivity index (χ0v) is 12.1. The Balaban J connectivity index is 2.04. The first-order valence-corrected chi connectivity index (χ1v) is 7.27. The Kier molecular flexibility index (Phi) is 4.50. The van der Waals surface area contributed by atoms with Crippen LogP contribution in [0.3, 0.4) is 0 Å². The molecule has 0 saturated carbocycles. The van der Waals surface area contributed by atoms with Crippen molar-refractivity contribution in [2.75, 3.05) is 6.54 Å². The Hall–Kier alpha value is -1.19. The quantitative estimate of drug-likeness (QED) is 0.890. The molecular weight excluding hydrogens is 240 g/mol. The number of benzene rings is 1. The molecule has 0 aliphatic rings. The first-order valence-electron chi connectivity index (χ1n) is 6.39. The minimum Gasteiger partial charge on any atom is -0.311 e. The molecule has 2 nitrogen and oxygen atoms in total. The van der Waals surface area contributed by atoms with Gasteiger partial charge in [-0.2, -0.15) is 0 Å². The van der Waals surface area contributed by atoms with Crippen molar-refractivity contribution in [2.45, 2.75) is 33.7 Å². The Morgan fingerprint density at radius 2 is 2.06 bits per heavy atom. The number of nitrogens with one attached hydrogen (secondary N) is 1. The lowest BCUT2D eigenvalue weighted by Crippen LogP contribution is -2.11. The molecule has 0 atom stereocenters. The van der Waals surface area contributed by atoms with Crippen molar-refractivity contribution in [1.82, 2.24) is 10.3 Å². The van der Waals surface area contributed by atoms with Gasteiger partial charge in [0.1, 0.15) is 0 Å². The first-order chi connectivity index (χ1) is 8.69. The summed E-state index contributed by atoms with van der Waals surface area (Å²) in [5.41, 5.74) is 5.21. The van der Waals surface area contributed by atoms with E-state index >= 15 is 0 Å². The van der Waals surface area contributed by atoms with Crippen LogP contribution in [-0.2, 0) is 13.0 Å². The van der Waals surface area contributed by atoms with Crippen molar-refractivity contribution >= 4 is 11.3 Å². The van der Waals surface area contributed by atoms with Gasteiger partial charge in [0.2, 0.25) is 0 Å². The minimum atomic E-state index is 0.875. The largest absolute Gasteiger partial charge is 0.311 e. The van der Waals surface area contributed by atoms with E-state index < -0.39 is 0 Å². The molecule has 0 unspecified atom stereocenters. The van der Waals surface area contributed by atoms with Crippen LogP contribution in [0.15, 0.2) is 23.6 Å². The maximum Gasteiger partial charge on any atom is 0.0972 e. The highest BCUT2D eigenvalue weighted by atomic mass is 32.1. The number of nitrogens with zero attached hydrogens (tertiary/aromatic N) is 1. The predicted molar refractivity (Wildman–Crippen MR) is 78.2 cm³/mol. The van der Waals surface area contributed by atoms with Crippen molar-refractivity contribution < 1.29 is 0 Å². The van der Waals surface area contributed by atoms with Crippen LogP contribution in [0.25, 0.3) is 0 Å². The van der Waals surface area contributed by atoms with Gasteiger partial charge in [-0.1, -0.05) is 25.1 Å². The summed E-state index contributed by atoms with van der Waals surface area (Å²) in [4.78, 5) is 4.65. The lowest BCUT2D eigenvalue weighted by Gasteiger charge is -2.03. The molecule has 3 heteroatoms. The molecule has 96 valence electrons. The third-order valence-corrected chi connectivity index (χ3v) is 3.98. The number of thiazole rings is 1. The fraction of sp³-hybridized carbons (Fsp3) is 0.400. The maximum absolute atomic E-state index is 4.65. The average Bonchev–Trinajstić information content (AvgIpc) is 2.79. The summed E-state index contributed by atoms with van der Waals surface area (Å²) >= 11 is 1.75. The van der Waals surface area contributed by atoms with E-state index in [-0.39, 0.29) is 0 Å². The van der Waals surface area contributed by atoms with Crippen LogP contribution in [0.1, 0.15) is 34.3 Å². The van der Waals surface area contributed by atoms with E-state index in [4.69, 9.17) is 0 Å². The molecule has 0 amide bonds. The monoisotopic (exact) mass is 260 g/mol. The predicted octanol–water partition coefficient (Wildman–Crippen LogP) is 3.46. The zero-order chi connectivity index (χ0) is 13.0. The molecule has 0 bridgehead atoms. The summed E-state index contributed by atoms with van der Waals surface area (Å²) in [6.07, 6.45) is 0.942. The summed E-state index contributed by atoms with van der Waals surface area (Å²) in [6.45, 7) is 8.29. The lowest BCUT2D eigenvalue weighted by atomic mass is 10.0. The van der Waals surface area contributed by atoms with Crippen molar-refractivity contribution in [3.63, 3.8) is 0 Å². The van der Waals surface area contributed by atoms with Crippen molar-refractivity contribution in [2.24, 2.45) is 0 Å². The maximum atomic E-state index is 4.65. The Morgan fingerprint density at radius 3 is 2.78 bits per heavy atom. The number of hydrogen-bond donors (Lipinski definition) is 1. The summed E-state index contributed by atoms with van der Waals surface area (Å²) in [5, 5.41) is 6.65. The molecule has 2 aromatic rings. The fourth-order valence-corrected chi connectivity index (χ4v) is 2.68. The number of aromatic nitrogens is 1. The van der Waals surface area contributed by atoms with Gasteiger partial charge in [-0.15, -0.1) is 11.3 Å². The van der Waals surface area contributed by atoms with Crippen LogP contribution in [0, 0.1) is 13.8 Å². The van der Waals surface area contributed by atoms with Crippen LogP contribution in [0.2, 0.25) is 0 Å². The third-order valence-electron chi connectivity index (χ3n) is 3.08. The normalized spacial score (nSPS) is 10.8. The van der Waals surface area contributed by atoms with E-state index in [1.165, 1.54) is 21.7 Å². The molecule has 1 N–H and O–H groups in total. The number of hydrogen-bond acceptors (Lipinski definition) is 3. The highest BCUT2D eigenvalue weighted by Crippen LogP contribution is 2.17. The molecule has 18 heavy (non-hydrogen) atoms. The second-order valence-electron chi connectivity index (χ2n) is 4.61. The van der Waals surface area contributed by atoms with Crippen LogP contribution in [0.5, 0.6) is 0 Å². The standard InChI is InChI=1S/C15H20N2S/c1-4-16-9-14-10-18-15(17-14)8-13-6-5-11(2)12(3)7-13/h5-7,10,16H,4,8-9H2,1-3H3. The van der Waals surface area contributed by atoms with Gasteiger partial charge < -0.3 is 5.32 Å². The van der Waals surface area contributed by atoms with Crippen molar-refractivity contribution in [3.8, 4) is 0 Å². The average molecular weight is 260 g/mol. The number of rotatable bonds is 5. The molecule has 1 aromatic heterocycles. The van der Waals surface area contributed by atoms with Gasteiger partial charge in [0.05, 0.1) is 10.7 Å². The van der Waals surface area contributed by atoms with Crippen molar-refractivity contribution in [3.05, 3.63) is 51.0 Å². The van der Waals surface area contributed by atoms with Gasteiger partial charge in [0, 0.05) is 18.3 Å². The Labute approximate surface area is 113 Å². The van der Waals surface area contributed by atoms with Gasteiger partial charge in [-0.3, -0.25) is 0 Å². The molecule has 0 aliphatic carbocycles. The highest BCUT2D eigenvalue weighted by molar-refractivity contribution is 7.09. The zero-order valence-electron chi connectivity index (χ0n) is 11.3. The molecular formula is C15H20N2S. The Bertz CT molecular complexity index is 517. The molecule has 2 rings (SSSR count). The molecule has 0 saturated heterocycles. The van der Waals surface area contributed by atoms with E-state index in [0.29, 0.717) is 0 Å². The van der Waals surface area contributed by atoms with Gasteiger partial charge >= 0.3 is 0 Å². The molecule has 1 aromatic carbocycles. The second-order valence-corrected chi connectivity index (χ2v) is 5.55. The van der Waals surface area contributed by atoms with E-state index in [1.807, 2.05) is 0 Å². The topological polar surface area (TPSA) is 24.9 Å². The van der Waals surface area contributed by atoms with E-state index in [0.717, 1.165) is 25.2 Å².